The zero-order valence-corrected chi connectivity index (χ0v) is 14.1. The number of rotatable bonds is 6. The van der Waals surface area contributed by atoms with Crippen molar-refractivity contribution >= 4 is 21.1 Å². The molecular formula is C17H18FN3O2S. The summed E-state index contributed by atoms with van der Waals surface area (Å²) in [6.45, 7) is 2.57. The van der Waals surface area contributed by atoms with Gasteiger partial charge in [-0.3, -0.25) is 0 Å². The number of nitrogens with one attached hydrogen (secondary N) is 1. The fourth-order valence-electron chi connectivity index (χ4n) is 2.54. The Morgan fingerprint density at radius 2 is 2.00 bits per heavy atom. The minimum absolute atomic E-state index is 0.224. The van der Waals surface area contributed by atoms with Crippen LogP contribution < -0.4 is 4.72 Å². The van der Waals surface area contributed by atoms with Crippen molar-refractivity contribution in [1.82, 2.24) is 14.3 Å². The number of halogens is 1. The number of hydrogen-bond acceptors (Lipinski definition) is 3. The van der Waals surface area contributed by atoms with Gasteiger partial charge in [0.25, 0.3) is 0 Å². The Balaban J connectivity index is 1.62. The molecule has 0 unspecified atom stereocenters. The molecule has 126 valence electrons. The summed E-state index contributed by atoms with van der Waals surface area (Å²) in [6, 6.07) is 11.8. The largest absolute Gasteiger partial charge is 0.331 e. The topological polar surface area (TPSA) is 64.0 Å². The van der Waals surface area contributed by atoms with Gasteiger partial charge in [-0.1, -0.05) is 18.2 Å². The van der Waals surface area contributed by atoms with Gasteiger partial charge >= 0.3 is 0 Å². The van der Waals surface area contributed by atoms with Gasteiger partial charge in [-0.15, -0.1) is 0 Å². The van der Waals surface area contributed by atoms with Crippen molar-refractivity contribution < 1.29 is 12.8 Å². The van der Waals surface area contributed by atoms with Crippen LogP contribution in [0.4, 0.5) is 4.39 Å². The van der Waals surface area contributed by atoms with Crippen molar-refractivity contribution in [3.05, 3.63) is 60.2 Å². The van der Waals surface area contributed by atoms with Crippen LogP contribution in [0.1, 0.15) is 12.0 Å². The summed E-state index contributed by atoms with van der Waals surface area (Å²) in [5, 5.41) is 0. The summed E-state index contributed by atoms with van der Waals surface area (Å²) in [5.41, 5.74) is 2.60. The number of imidazole rings is 1. The molecule has 0 saturated heterocycles. The molecule has 3 aromatic rings. The number of fused-ring (bicyclic) bond motifs is 1. The lowest BCUT2D eigenvalue weighted by molar-refractivity contribution is 0.551. The van der Waals surface area contributed by atoms with Crippen molar-refractivity contribution in [2.45, 2.75) is 24.8 Å². The Morgan fingerprint density at radius 3 is 2.83 bits per heavy atom. The maximum Gasteiger partial charge on any atom is 0.243 e. The third kappa shape index (κ3) is 3.47. The molecule has 1 aromatic heterocycles. The van der Waals surface area contributed by atoms with Gasteiger partial charge < -0.3 is 4.57 Å². The van der Waals surface area contributed by atoms with Crippen LogP contribution in [0.5, 0.6) is 0 Å². The van der Waals surface area contributed by atoms with Gasteiger partial charge in [0, 0.05) is 13.1 Å². The molecule has 0 fully saturated rings. The molecule has 0 aliphatic heterocycles. The molecule has 0 atom stereocenters. The quantitative estimate of drug-likeness (QED) is 0.698. The van der Waals surface area contributed by atoms with E-state index in [1.807, 2.05) is 28.8 Å². The highest BCUT2D eigenvalue weighted by Gasteiger charge is 2.18. The minimum Gasteiger partial charge on any atom is -0.331 e. The average Bonchev–Trinajstić information content (AvgIpc) is 2.97. The first-order valence-electron chi connectivity index (χ1n) is 7.63. The van der Waals surface area contributed by atoms with Crippen LogP contribution in [-0.4, -0.2) is 24.5 Å². The Hall–Kier alpha value is -2.25. The number of aromatic nitrogens is 2. The smallest absolute Gasteiger partial charge is 0.243 e. The highest BCUT2D eigenvalue weighted by Crippen LogP contribution is 2.16. The van der Waals surface area contributed by atoms with Crippen LogP contribution in [0.2, 0.25) is 0 Å². The molecule has 7 heteroatoms. The molecule has 0 saturated carbocycles. The monoisotopic (exact) mass is 347 g/mol. The number of hydrogen-bond donors (Lipinski definition) is 1. The highest BCUT2D eigenvalue weighted by atomic mass is 32.2. The van der Waals surface area contributed by atoms with E-state index >= 15 is 0 Å². The average molecular weight is 347 g/mol. The maximum absolute atomic E-state index is 13.7. The van der Waals surface area contributed by atoms with E-state index in [1.54, 1.807) is 19.3 Å². The summed E-state index contributed by atoms with van der Waals surface area (Å²) >= 11 is 0. The van der Waals surface area contributed by atoms with Crippen molar-refractivity contribution in [3.63, 3.8) is 0 Å². The second-order valence-electron chi connectivity index (χ2n) is 5.61. The molecule has 24 heavy (non-hydrogen) atoms. The fourth-order valence-corrected chi connectivity index (χ4v) is 3.77. The molecule has 0 aliphatic rings. The third-order valence-electron chi connectivity index (χ3n) is 3.77. The standard InChI is InChI=1S/C17H18FN3O2S/c1-13-7-8-14(18)17(11-13)24(22,23)20-9-4-10-21-12-19-15-5-2-3-6-16(15)21/h2-3,5-8,11-12,20H,4,9-10H2,1H3. The second-order valence-corrected chi connectivity index (χ2v) is 7.35. The van der Waals surface area contributed by atoms with E-state index in [0.717, 1.165) is 11.0 Å². The molecule has 0 amide bonds. The van der Waals surface area contributed by atoms with Crippen LogP contribution in [-0.2, 0) is 16.6 Å². The zero-order valence-electron chi connectivity index (χ0n) is 13.2. The molecular weight excluding hydrogens is 329 g/mol. The molecule has 0 aliphatic carbocycles. The number of nitrogens with zero attached hydrogens (tertiary/aromatic N) is 2. The Kier molecular flexibility index (Phi) is 4.64. The molecule has 2 aromatic carbocycles. The van der Waals surface area contributed by atoms with E-state index in [4.69, 9.17) is 0 Å². The third-order valence-corrected chi connectivity index (χ3v) is 5.25. The van der Waals surface area contributed by atoms with Gasteiger partial charge in [-0.25, -0.2) is 22.5 Å². The van der Waals surface area contributed by atoms with Crippen LogP contribution in [0.3, 0.4) is 0 Å². The van der Waals surface area contributed by atoms with E-state index in [9.17, 15) is 12.8 Å². The molecule has 1 heterocycles. The second kappa shape index (κ2) is 6.70. The van der Waals surface area contributed by atoms with E-state index in [-0.39, 0.29) is 11.4 Å². The van der Waals surface area contributed by atoms with Crippen molar-refractivity contribution in [2.24, 2.45) is 0 Å². The number of para-hydroxylation sites is 2. The Morgan fingerprint density at radius 1 is 1.21 bits per heavy atom. The summed E-state index contributed by atoms with van der Waals surface area (Å²) in [4.78, 5) is 3.98. The van der Waals surface area contributed by atoms with Crippen molar-refractivity contribution in [3.8, 4) is 0 Å². The number of aryl methyl sites for hydroxylation is 2. The summed E-state index contributed by atoms with van der Waals surface area (Å²) in [7, 11) is -3.85. The normalized spacial score (nSPS) is 11.9. The van der Waals surface area contributed by atoms with Crippen LogP contribution in [0.25, 0.3) is 11.0 Å². The van der Waals surface area contributed by atoms with E-state index in [1.165, 1.54) is 12.1 Å². The first-order valence-corrected chi connectivity index (χ1v) is 9.11. The lowest BCUT2D eigenvalue weighted by atomic mass is 10.2. The number of benzene rings is 2. The molecule has 1 N–H and O–H groups in total. The maximum atomic E-state index is 13.7. The predicted octanol–water partition coefficient (Wildman–Crippen LogP) is 2.85. The zero-order chi connectivity index (χ0) is 17.2. The van der Waals surface area contributed by atoms with Gasteiger partial charge in [0.1, 0.15) is 10.7 Å². The van der Waals surface area contributed by atoms with Crippen LogP contribution in [0, 0.1) is 12.7 Å². The summed E-state index contributed by atoms with van der Waals surface area (Å²) in [6.07, 6.45) is 2.31. The van der Waals surface area contributed by atoms with E-state index < -0.39 is 15.8 Å². The first kappa shape index (κ1) is 16.6. The van der Waals surface area contributed by atoms with Crippen LogP contribution >= 0.6 is 0 Å². The first-order chi connectivity index (χ1) is 11.5. The lowest BCUT2D eigenvalue weighted by Crippen LogP contribution is -2.26. The van der Waals surface area contributed by atoms with E-state index in [2.05, 4.69) is 9.71 Å². The van der Waals surface area contributed by atoms with Gasteiger partial charge in [-0.2, -0.15) is 0 Å². The minimum atomic E-state index is -3.85. The van der Waals surface area contributed by atoms with Gasteiger partial charge in [-0.05, 0) is 43.2 Å². The SMILES string of the molecule is Cc1ccc(F)c(S(=O)(=O)NCCCn2cnc3ccccc32)c1. The molecule has 0 radical (unpaired) electrons. The van der Waals surface area contributed by atoms with Gasteiger partial charge in [0.2, 0.25) is 10.0 Å². The molecule has 0 bridgehead atoms. The van der Waals surface area contributed by atoms with Crippen LogP contribution in [0.15, 0.2) is 53.7 Å². The van der Waals surface area contributed by atoms with Crippen molar-refractivity contribution in [1.29, 1.82) is 0 Å². The highest BCUT2D eigenvalue weighted by molar-refractivity contribution is 7.89. The van der Waals surface area contributed by atoms with Crippen molar-refractivity contribution in [2.75, 3.05) is 6.54 Å². The Bertz CT molecular complexity index is 967. The lowest BCUT2D eigenvalue weighted by Gasteiger charge is -2.09. The summed E-state index contributed by atoms with van der Waals surface area (Å²) < 4.78 is 42.6. The van der Waals surface area contributed by atoms with E-state index in [0.29, 0.717) is 18.5 Å². The molecule has 3 rings (SSSR count). The molecule has 0 spiro atoms. The van der Waals surface area contributed by atoms with Gasteiger partial charge in [0.15, 0.2) is 0 Å². The predicted molar refractivity (Wildman–Crippen MR) is 90.7 cm³/mol. The Labute approximate surface area is 140 Å². The number of sulfonamides is 1. The summed E-state index contributed by atoms with van der Waals surface area (Å²) in [5.74, 6) is -0.742. The fraction of sp³-hybridized carbons (Fsp3) is 0.235. The molecule has 5 nitrogen and oxygen atoms in total. The van der Waals surface area contributed by atoms with Gasteiger partial charge in [0.05, 0.1) is 17.4 Å².